The van der Waals surface area contributed by atoms with Crippen molar-refractivity contribution in [3.05, 3.63) is 71.8 Å². The van der Waals surface area contributed by atoms with Crippen LogP contribution in [0.3, 0.4) is 0 Å². The van der Waals surface area contributed by atoms with Crippen molar-refractivity contribution in [1.29, 1.82) is 0 Å². The van der Waals surface area contributed by atoms with Crippen molar-refractivity contribution in [2.45, 2.75) is 49.5 Å². The Kier molecular flexibility index (Phi) is 8.68. The Hall–Kier alpha value is -1.00. The third-order valence-electron chi connectivity index (χ3n) is 4.93. The third kappa shape index (κ3) is 5.82. The first-order valence-electron chi connectivity index (χ1n) is 9.46. The maximum atomic E-state index is 4.94. The molecule has 0 unspecified atom stereocenters. The maximum absolute atomic E-state index is 4.94. The van der Waals surface area contributed by atoms with Gasteiger partial charge in [-0.15, -0.1) is 0 Å². The van der Waals surface area contributed by atoms with E-state index in [0.29, 0.717) is 0 Å². The first kappa shape index (κ1) is 19.3. The average Bonchev–Trinajstić information content (AvgIpc) is 3.23. The molecule has 1 aliphatic rings. The van der Waals surface area contributed by atoms with Gasteiger partial charge in [0.25, 0.3) is 0 Å². The zero-order chi connectivity index (χ0) is 17.1. The second kappa shape index (κ2) is 10.8. The molecule has 1 nitrogen and oxygen atoms in total. The number of ether oxygens (including phenoxy) is 1. The van der Waals surface area contributed by atoms with Crippen molar-refractivity contribution in [2.24, 2.45) is 0 Å². The van der Waals surface area contributed by atoms with E-state index in [1.165, 1.54) is 49.7 Å². The fourth-order valence-corrected chi connectivity index (χ4v) is 3.31. The van der Waals surface area contributed by atoms with E-state index in [0.717, 1.165) is 13.2 Å². The van der Waals surface area contributed by atoms with Gasteiger partial charge in [0, 0.05) is 13.2 Å². The molecule has 1 aliphatic heterocycles. The second-order valence-electron chi connectivity index (χ2n) is 6.84. The first-order valence-corrected chi connectivity index (χ1v) is 9.46. The summed E-state index contributed by atoms with van der Waals surface area (Å²) in [6.45, 7) is 4.27. The van der Waals surface area contributed by atoms with Crippen LogP contribution in [0.25, 0.3) is 0 Å². The Balaban J connectivity index is 0.000000355. The van der Waals surface area contributed by atoms with E-state index in [-0.39, 0.29) is 4.09 Å². The van der Waals surface area contributed by atoms with E-state index in [4.69, 9.17) is 4.74 Å². The van der Waals surface area contributed by atoms with Crippen LogP contribution in [0, 0.1) is 0 Å². The van der Waals surface area contributed by atoms with Gasteiger partial charge in [0.05, 0.1) is 0 Å². The van der Waals surface area contributed by atoms with Gasteiger partial charge >= 0.3 is 126 Å². The molecule has 0 aromatic heterocycles. The predicted octanol–water partition coefficient (Wildman–Crippen LogP) is 5.48. The van der Waals surface area contributed by atoms with Gasteiger partial charge in [-0.1, -0.05) is 0 Å². The molecule has 0 spiro atoms. The van der Waals surface area contributed by atoms with Crippen molar-refractivity contribution in [3.63, 3.8) is 0 Å². The molecule has 0 saturated carbocycles. The Bertz CT molecular complexity index is 502. The normalized spacial score (nSPS) is 14.1. The van der Waals surface area contributed by atoms with Gasteiger partial charge in [0.2, 0.25) is 0 Å². The first-order chi connectivity index (χ1) is 11.8. The summed E-state index contributed by atoms with van der Waals surface area (Å²) < 4.78 is 5.08. The van der Waals surface area contributed by atoms with Crippen molar-refractivity contribution in [3.8, 4) is 0 Å². The van der Waals surface area contributed by atoms with Gasteiger partial charge in [-0.2, -0.15) is 0 Å². The average molecular weight is 316 g/mol. The molecule has 2 heteroatoms. The Morgan fingerprint density at radius 2 is 1.33 bits per heavy atom. The zero-order valence-electron chi connectivity index (χ0n) is 15.3. The molecule has 124 valence electrons. The van der Waals surface area contributed by atoms with Crippen molar-refractivity contribution in [1.82, 2.24) is 0 Å². The van der Waals surface area contributed by atoms with Gasteiger partial charge in [0.1, 0.15) is 0 Å². The van der Waals surface area contributed by atoms with E-state index in [1.54, 1.807) is 0 Å². The molecular weight excluding hydrogens is 287 g/mol. The monoisotopic (exact) mass is 316 g/mol. The standard InChI is InChI=1S/C18H21.C4H8O.Li/c1-2-3-6-15-18(16-11-7-4-8-12-16)17-13-9-5-10-14-17;1-2-4-5-3-1;/h4-5,7-14H,2-3,6,15H2,1H3;1-4H2;. The molecule has 24 heavy (non-hydrogen) atoms. The van der Waals surface area contributed by atoms with Gasteiger partial charge in [-0.05, 0) is 12.8 Å². The number of unbranched alkanes of at least 4 members (excludes halogenated alkanes) is 2. The molecule has 3 rings (SSSR count). The molecule has 0 bridgehead atoms. The number of hydrogen-bond donors (Lipinski definition) is 0. The molecule has 0 radical (unpaired) electrons. The minimum absolute atomic E-state index is 0.137. The van der Waals surface area contributed by atoms with Gasteiger partial charge in [-0.3, -0.25) is 0 Å². The van der Waals surface area contributed by atoms with Gasteiger partial charge in [0.15, 0.2) is 0 Å². The Morgan fingerprint density at radius 1 is 0.833 bits per heavy atom. The molecule has 1 fully saturated rings. The number of hydrogen-bond acceptors (Lipinski definition) is 1. The van der Waals surface area contributed by atoms with Crippen LogP contribution in [0.1, 0.15) is 56.6 Å². The second-order valence-corrected chi connectivity index (χ2v) is 6.84. The van der Waals surface area contributed by atoms with Crippen molar-refractivity contribution in [2.75, 3.05) is 13.2 Å². The SMILES string of the molecule is C1CCOC1.[Li][C](CCCCC)(c1ccccc1)c1ccccc1. The summed E-state index contributed by atoms with van der Waals surface area (Å²) in [5.74, 6) is 0. The van der Waals surface area contributed by atoms with Crippen molar-refractivity contribution >= 4 is 17.7 Å². The summed E-state index contributed by atoms with van der Waals surface area (Å²) in [5, 5.41) is 0. The van der Waals surface area contributed by atoms with Crippen LogP contribution < -0.4 is 0 Å². The molecule has 0 amide bonds. The molecule has 1 heterocycles. The Morgan fingerprint density at radius 3 is 1.71 bits per heavy atom. The molecule has 2 aromatic rings. The number of benzene rings is 2. The van der Waals surface area contributed by atoms with E-state index >= 15 is 0 Å². The fourth-order valence-electron chi connectivity index (χ4n) is 3.31. The summed E-state index contributed by atoms with van der Waals surface area (Å²) in [7, 11) is 0. The summed E-state index contributed by atoms with van der Waals surface area (Å²) in [6.07, 6.45) is 7.65. The summed E-state index contributed by atoms with van der Waals surface area (Å²) in [5.41, 5.74) is 2.86. The van der Waals surface area contributed by atoms with Gasteiger partial charge < -0.3 is 4.74 Å². The van der Waals surface area contributed by atoms with Crippen LogP contribution in [0.5, 0.6) is 0 Å². The molecule has 0 aliphatic carbocycles. The minimum atomic E-state index is 0.137. The van der Waals surface area contributed by atoms with Crippen molar-refractivity contribution < 1.29 is 4.74 Å². The zero-order valence-corrected chi connectivity index (χ0v) is 15.3. The van der Waals surface area contributed by atoms with Crippen LogP contribution in [-0.4, -0.2) is 30.9 Å². The van der Waals surface area contributed by atoms with Crippen LogP contribution in [0.2, 0.25) is 0 Å². The van der Waals surface area contributed by atoms with Crippen LogP contribution in [-0.2, 0) is 8.82 Å². The molecular formula is C22H29LiO. The summed E-state index contributed by atoms with van der Waals surface area (Å²) >= 11 is 2.38. The van der Waals surface area contributed by atoms with E-state index in [9.17, 15) is 0 Å². The topological polar surface area (TPSA) is 9.23 Å². The molecule has 2 aromatic carbocycles. The number of rotatable bonds is 6. The molecule has 0 atom stereocenters. The quantitative estimate of drug-likeness (QED) is 0.507. The molecule has 0 N–H and O–H groups in total. The third-order valence-corrected chi connectivity index (χ3v) is 4.93. The summed E-state index contributed by atoms with van der Waals surface area (Å²) in [4.78, 5) is 0. The fraction of sp³-hybridized carbons (Fsp3) is 0.455. The van der Waals surface area contributed by atoms with Crippen LogP contribution in [0.4, 0.5) is 0 Å². The Labute approximate surface area is 157 Å². The van der Waals surface area contributed by atoms with E-state index in [2.05, 4.69) is 85.3 Å². The van der Waals surface area contributed by atoms with Crippen LogP contribution >= 0.6 is 0 Å². The summed E-state index contributed by atoms with van der Waals surface area (Å²) in [6, 6.07) is 21.8. The van der Waals surface area contributed by atoms with Crippen LogP contribution in [0.15, 0.2) is 60.7 Å². The predicted molar refractivity (Wildman–Crippen MR) is 104 cm³/mol. The van der Waals surface area contributed by atoms with E-state index in [1.807, 2.05) is 0 Å². The van der Waals surface area contributed by atoms with E-state index < -0.39 is 0 Å². The molecule has 1 saturated heterocycles. The van der Waals surface area contributed by atoms with Gasteiger partial charge in [-0.25, -0.2) is 0 Å².